The van der Waals surface area contributed by atoms with Gasteiger partial charge in [0.25, 0.3) is 0 Å². The molecule has 7 heteroatoms. The molecular formula is C16H22N2O4S. The van der Waals surface area contributed by atoms with Crippen LogP contribution in [0.5, 0.6) is 5.75 Å². The van der Waals surface area contributed by atoms with Crippen molar-refractivity contribution in [1.82, 2.24) is 9.29 Å². The maximum atomic E-state index is 12.3. The van der Waals surface area contributed by atoms with E-state index in [1.807, 2.05) is 6.92 Å². The summed E-state index contributed by atoms with van der Waals surface area (Å²) < 4.78 is 34.3. The van der Waals surface area contributed by atoms with Crippen molar-refractivity contribution in [3.63, 3.8) is 0 Å². The fourth-order valence-corrected chi connectivity index (χ4v) is 3.43. The Morgan fingerprint density at radius 2 is 2.09 bits per heavy atom. The van der Waals surface area contributed by atoms with Crippen LogP contribution in [0.1, 0.15) is 24.3 Å². The van der Waals surface area contributed by atoms with E-state index in [9.17, 15) is 13.5 Å². The highest BCUT2D eigenvalue weighted by Gasteiger charge is 2.18. The number of rotatable bonds is 7. The molecule has 0 amide bonds. The van der Waals surface area contributed by atoms with E-state index in [-0.39, 0.29) is 11.4 Å². The summed E-state index contributed by atoms with van der Waals surface area (Å²) >= 11 is 0. The molecule has 126 valence electrons. The fraction of sp³-hybridized carbons (Fsp3) is 0.375. The SMILES string of the molecule is CCOc1ccc(S(=O)(=O)NC[C@H](O)c2cccn2C)cc1C. The molecule has 2 rings (SSSR count). The maximum absolute atomic E-state index is 12.3. The zero-order valence-electron chi connectivity index (χ0n) is 13.5. The topological polar surface area (TPSA) is 80.6 Å². The van der Waals surface area contributed by atoms with Crippen LogP contribution in [0.3, 0.4) is 0 Å². The van der Waals surface area contributed by atoms with Gasteiger partial charge in [0, 0.05) is 25.5 Å². The third kappa shape index (κ3) is 4.13. The van der Waals surface area contributed by atoms with E-state index in [0.717, 1.165) is 5.56 Å². The van der Waals surface area contributed by atoms with Crippen molar-refractivity contribution in [3.8, 4) is 5.75 Å². The molecule has 0 spiro atoms. The number of nitrogens with zero attached hydrogens (tertiary/aromatic N) is 1. The van der Waals surface area contributed by atoms with Crippen molar-refractivity contribution < 1.29 is 18.3 Å². The minimum absolute atomic E-state index is 0.0908. The van der Waals surface area contributed by atoms with Crippen LogP contribution in [-0.4, -0.2) is 31.2 Å². The fourth-order valence-electron chi connectivity index (χ4n) is 2.30. The molecule has 23 heavy (non-hydrogen) atoms. The summed E-state index contributed by atoms with van der Waals surface area (Å²) in [4.78, 5) is 0.150. The van der Waals surface area contributed by atoms with Crippen molar-refractivity contribution in [1.29, 1.82) is 0 Å². The minimum atomic E-state index is -3.69. The van der Waals surface area contributed by atoms with Crippen molar-refractivity contribution >= 4 is 10.0 Å². The van der Waals surface area contributed by atoms with E-state index in [1.54, 1.807) is 49.0 Å². The smallest absolute Gasteiger partial charge is 0.240 e. The van der Waals surface area contributed by atoms with Crippen molar-refractivity contribution in [2.45, 2.75) is 24.8 Å². The second-order valence-electron chi connectivity index (χ2n) is 5.27. The molecule has 1 aromatic heterocycles. The van der Waals surface area contributed by atoms with Crippen LogP contribution in [0.25, 0.3) is 0 Å². The van der Waals surface area contributed by atoms with Gasteiger partial charge in [-0.1, -0.05) is 0 Å². The van der Waals surface area contributed by atoms with E-state index in [1.165, 1.54) is 6.07 Å². The Bertz CT molecular complexity index is 768. The van der Waals surface area contributed by atoms with Gasteiger partial charge in [0.15, 0.2) is 0 Å². The molecule has 0 fully saturated rings. The van der Waals surface area contributed by atoms with Gasteiger partial charge in [-0.15, -0.1) is 0 Å². The third-order valence-electron chi connectivity index (χ3n) is 3.55. The number of ether oxygens (including phenoxy) is 1. The largest absolute Gasteiger partial charge is 0.494 e. The van der Waals surface area contributed by atoms with E-state index in [0.29, 0.717) is 18.1 Å². The molecule has 1 aromatic carbocycles. The summed E-state index contributed by atoms with van der Waals surface area (Å²) in [6, 6.07) is 8.24. The second-order valence-corrected chi connectivity index (χ2v) is 7.04. The predicted octanol–water partition coefficient (Wildman–Crippen LogP) is 1.74. The Hall–Kier alpha value is -1.83. The van der Waals surface area contributed by atoms with Gasteiger partial charge in [0.2, 0.25) is 10.0 Å². The number of hydrogen-bond acceptors (Lipinski definition) is 4. The summed E-state index contributed by atoms with van der Waals surface area (Å²) in [5.74, 6) is 0.662. The van der Waals surface area contributed by atoms with Crippen LogP contribution in [-0.2, 0) is 17.1 Å². The molecule has 0 aliphatic rings. The van der Waals surface area contributed by atoms with Crippen LogP contribution in [0.15, 0.2) is 41.4 Å². The highest BCUT2D eigenvalue weighted by Crippen LogP contribution is 2.22. The maximum Gasteiger partial charge on any atom is 0.240 e. The van der Waals surface area contributed by atoms with Crippen LogP contribution in [0.2, 0.25) is 0 Å². The average Bonchev–Trinajstić information content (AvgIpc) is 2.93. The molecule has 0 saturated heterocycles. The van der Waals surface area contributed by atoms with Gasteiger partial charge in [0.05, 0.1) is 11.5 Å². The van der Waals surface area contributed by atoms with Gasteiger partial charge in [0.1, 0.15) is 11.9 Å². The van der Waals surface area contributed by atoms with E-state index < -0.39 is 16.1 Å². The van der Waals surface area contributed by atoms with E-state index in [2.05, 4.69) is 4.72 Å². The number of aliphatic hydroxyl groups excluding tert-OH is 1. The number of nitrogens with one attached hydrogen (secondary N) is 1. The summed E-state index contributed by atoms with van der Waals surface area (Å²) in [6.07, 6.45) is 0.886. The Morgan fingerprint density at radius 3 is 2.65 bits per heavy atom. The monoisotopic (exact) mass is 338 g/mol. The number of hydrogen-bond donors (Lipinski definition) is 2. The third-order valence-corrected chi connectivity index (χ3v) is 4.97. The normalized spacial score (nSPS) is 13.0. The lowest BCUT2D eigenvalue weighted by atomic mass is 10.2. The van der Waals surface area contributed by atoms with Gasteiger partial charge in [-0.05, 0) is 49.7 Å². The highest BCUT2D eigenvalue weighted by atomic mass is 32.2. The van der Waals surface area contributed by atoms with E-state index in [4.69, 9.17) is 4.74 Å². The summed E-state index contributed by atoms with van der Waals surface area (Å²) in [5, 5.41) is 10.1. The predicted molar refractivity (Wildman–Crippen MR) is 87.9 cm³/mol. The summed E-state index contributed by atoms with van der Waals surface area (Å²) in [6.45, 7) is 4.10. The zero-order valence-corrected chi connectivity index (χ0v) is 14.3. The molecule has 0 radical (unpaired) electrons. The average molecular weight is 338 g/mol. The van der Waals surface area contributed by atoms with Gasteiger partial charge in [-0.2, -0.15) is 0 Å². The number of aromatic nitrogens is 1. The first-order chi connectivity index (χ1) is 10.8. The summed E-state index contributed by atoms with van der Waals surface area (Å²) in [7, 11) is -1.89. The first-order valence-corrected chi connectivity index (χ1v) is 8.86. The molecule has 2 aromatic rings. The van der Waals surface area contributed by atoms with Gasteiger partial charge < -0.3 is 14.4 Å². The number of sulfonamides is 1. The lowest BCUT2D eigenvalue weighted by Crippen LogP contribution is -2.29. The molecule has 2 N–H and O–H groups in total. The molecule has 0 aliphatic heterocycles. The molecule has 1 heterocycles. The van der Waals surface area contributed by atoms with Crippen molar-refractivity contribution in [3.05, 3.63) is 47.8 Å². The molecule has 0 aliphatic carbocycles. The quantitative estimate of drug-likeness (QED) is 0.806. The molecule has 0 saturated carbocycles. The Balaban J connectivity index is 2.10. The first-order valence-electron chi connectivity index (χ1n) is 7.37. The van der Waals surface area contributed by atoms with Crippen LogP contribution in [0.4, 0.5) is 0 Å². The molecule has 0 bridgehead atoms. The number of benzene rings is 1. The van der Waals surface area contributed by atoms with Crippen LogP contribution < -0.4 is 9.46 Å². The van der Waals surface area contributed by atoms with Gasteiger partial charge in [-0.25, -0.2) is 13.1 Å². The van der Waals surface area contributed by atoms with Gasteiger partial charge >= 0.3 is 0 Å². The number of aryl methyl sites for hydroxylation is 2. The lowest BCUT2D eigenvalue weighted by Gasteiger charge is -2.14. The molecule has 1 atom stereocenters. The lowest BCUT2D eigenvalue weighted by molar-refractivity contribution is 0.173. The molecular weight excluding hydrogens is 316 g/mol. The number of aliphatic hydroxyl groups is 1. The van der Waals surface area contributed by atoms with Crippen molar-refractivity contribution in [2.24, 2.45) is 7.05 Å². The first kappa shape index (κ1) is 17.5. The minimum Gasteiger partial charge on any atom is -0.494 e. The van der Waals surface area contributed by atoms with Gasteiger partial charge in [-0.3, -0.25) is 0 Å². The Morgan fingerprint density at radius 1 is 1.35 bits per heavy atom. The standard InChI is InChI=1S/C16H22N2O4S/c1-4-22-16-8-7-13(10-12(16)2)23(20,21)17-11-15(19)14-6-5-9-18(14)3/h5-10,15,17,19H,4,11H2,1-3H3/t15-/m0/s1. The second kappa shape index (κ2) is 7.16. The highest BCUT2D eigenvalue weighted by molar-refractivity contribution is 7.89. The van der Waals surface area contributed by atoms with E-state index >= 15 is 0 Å². The zero-order chi connectivity index (χ0) is 17.0. The Labute approximate surface area is 136 Å². The summed E-state index contributed by atoms with van der Waals surface area (Å²) in [5.41, 5.74) is 1.40. The van der Waals surface area contributed by atoms with Crippen LogP contribution in [0, 0.1) is 6.92 Å². The van der Waals surface area contributed by atoms with Crippen LogP contribution >= 0.6 is 0 Å². The Kier molecular flexibility index (Phi) is 5.46. The van der Waals surface area contributed by atoms with Crippen molar-refractivity contribution in [2.75, 3.05) is 13.2 Å². The molecule has 0 unspecified atom stereocenters. The molecule has 6 nitrogen and oxygen atoms in total.